The molecule has 17 nitrogen and oxygen atoms in total. The molecule has 8 aliphatic carbocycles. The number of epoxide rings is 2. The second-order valence-electron chi connectivity index (χ2n) is 27.4. The van der Waals surface area contributed by atoms with E-state index in [4.69, 9.17) is 28.4 Å². The molecule has 0 aromatic carbocycles. The van der Waals surface area contributed by atoms with Crippen molar-refractivity contribution in [2.45, 2.75) is 249 Å². The lowest BCUT2D eigenvalue weighted by Gasteiger charge is -2.63. The van der Waals surface area contributed by atoms with Crippen molar-refractivity contribution >= 4 is 29.5 Å². The number of hydrogen-bond acceptors (Lipinski definition) is 17. The molecule has 8 fully saturated rings. The Labute approximate surface area is 464 Å². The SMILES string of the molecule is C.C=C1OC([C@](C)(O)[C@]2(O)CC[C@@]3(O)C4C[C@H]5O[C@]56[C@H](OC(C)=O)C=CC(=O)[C@]6(C)C4CC[C@]23C)CC(C)=C1C.CC(=O)O[C@H]1C=CC(=O)[C@]2(C)C3CC[C@]4(C)[C@](O)([C@@](C)(O)C5CC(C)=C(C)C(=O)O5)CC[C@@]4(O)C3C[C@H]3O[C@]132. The minimum absolute atomic E-state index is 0. The van der Waals surface area contributed by atoms with Crippen molar-refractivity contribution in [3.05, 3.63) is 58.9 Å². The van der Waals surface area contributed by atoms with Crippen LogP contribution in [-0.4, -0.2) is 142 Å². The monoisotopic (exact) mass is 1100 g/mol. The Morgan fingerprint density at radius 3 is 1.35 bits per heavy atom. The second-order valence-corrected chi connectivity index (χ2v) is 27.4. The van der Waals surface area contributed by atoms with Gasteiger partial charge in [0.05, 0.1) is 34.2 Å². The number of cyclic esters (lactones) is 1. The molecule has 6 saturated carbocycles. The number of carbonyl (C=O) groups is 5. The molecule has 2 spiro atoms. The van der Waals surface area contributed by atoms with Gasteiger partial charge in [0, 0.05) is 43.1 Å². The number of hydrogen-bond donors (Lipinski definition) is 6. The zero-order chi connectivity index (χ0) is 57.1. The van der Waals surface area contributed by atoms with E-state index in [1.54, 1.807) is 26.0 Å². The van der Waals surface area contributed by atoms with Gasteiger partial charge in [0.15, 0.2) is 23.8 Å². The van der Waals surface area contributed by atoms with Crippen LogP contribution in [0.3, 0.4) is 0 Å². The quantitative estimate of drug-likeness (QED) is 0.0980. The number of rotatable bonds is 6. The number of fused-ring (bicyclic) bond motifs is 8. The van der Waals surface area contributed by atoms with Gasteiger partial charge in [-0.05, 0) is 173 Å². The van der Waals surface area contributed by atoms with Gasteiger partial charge in [0.2, 0.25) is 0 Å². The van der Waals surface area contributed by atoms with Crippen LogP contribution in [0.4, 0.5) is 0 Å². The van der Waals surface area contributed by atoms with Gasteiger partial charge < -0.3 is 59.1 Å². The van der Waals surface area contributed by atoms with E-state index >= 15 is 0 Å². The minimum Gasteiger partial charge on any atom is -0.487 e. The van der Waals surface area contributed by atoms with Crippen LogP contribution >= 0.6 is 0 Å². The summed E-state index contributed by atoms with van der Waals surface area (Å²) in [6.07, 6.45) is 6.75. The van der Waals surface area contributed by atoms with Gasteiger partial charge in [-0.1, -0.05) is 39.0 Å². The second kappa shape index (κ2) is 17.5. The van der Waals surface area contributed by atoms with Gasteiger partial charge in [-0.2, -0.15) is 0 Å². The molecule has 0 bridgehead atoms. The number of allylic oxidation sites excluding steroid dienone is 3. The Hall–Kier alpha value is -4.07. The Bertz CT molecular complexity index is 2660. The molecule has 4 heterocycles. The third-order valence-corrected chi connectivity index (χ3v) is 24.9. The molecule has 0 radical (unpaired) electrons. The Kier molecular flexibility index (Phi) is 12.9. The lowest BCUT2D eigenvalue weighted by atomic mass is 9.42. The van der Waals surface area contributed by atoms with Crippen LogP contribution < -0.4 is 0 Å². The van der Waals surface area contributed by atoms with Crippen LogP contribution in [-0.2, 0) is 52.4 Å². The van der Waals surface area contributed by atoms with Gasteiger partial charge in [-0.25, -0.2) is 4.79 Å². The van der Waals surface area contributed by atoms with Crippen LogP contribution in [0.1, 0.15) is 168 Å². The molecule has 12 aliphatic rings. The van der Waals surface area contributed by atoms with Crippen molar-refractivity contribution in [3.8, 4) is 0 Å². The lowest BCUT2D eigenvalue weighted by molar-refractivity contribution is -0.283. The van der Waals surface area contributed by atoms with E-state index in [2.05, 4.69) is 6.58 Å². The molecule has 12 rings (SSSR count). The fourth-order valence-corrected chi connectivity index (χ4v) is 19.5. The van der Waals surface area contributed by atoms with Gasteiger partial charge >= 0.3 is 17.9 Å². The highest BCUT2D eigenvalue weighted by Gasteiger charge is 2.87. The van der Waals surface area contributed by atoms with Crippen molar-refractivity contribution in [1.29, 1.82) is 0 Å². The van der Waals surface area contributed by atoms with Crippen LogP contribution in [0.5, 0.6) is 0 Å². The summed E-state index contributed by atoms with van der Waals surface area (Å²) < 4.78 is 35.6. The maximum Gasteiger partial charge on any atom is 0.334 e. The summed E-state index contributed by atoms with van der Waals surface area (Å²) in [5, 5.41) is 74.2. The Morgan fingerprint density at radius 1 is 0.608 bits per heavy atom. The van der Waals surface area contributed by atoms with Crippen molar-refractivity contribution in [3.63, 3.8) is 0 Å². The molecule has 0 aromatic heterocycles. The largest absolute Gasteiger partial charge is 0.487 e. The average molecular weight is 1100 g/mol. The van der Waals surface area contributed by atoms with E-state index in [1.165, 1.54) is 32.9 Å². The molecule has 17 heteroatoms. The summed E-state index contributed by atoms with van der Waals surface area (Å²) in [5.74, 6) is -2.35. The van der Waals surface area contributed by atoms with Gasteiger partial charge in [0.1, 0.15) is 51.6 Å². The summed E-state index contributed by atoms with van der Waals surface area (Å²) in [5.41, 5.74) is -12.5. The third kappa shape index (κ3) is 6.76. The fraction of sp³-hybridized carbons (Fsp3) is 0.758. The van der Waals surface area contributed by atoms with Crippen molar-refractivity contribution in [1.82, 2.24) is 0 Å². The zero-order valence-corrected chi connectivity index (χ0v) is 47.4. The molecular formula is C62H86O17. The minimum atomic E-state index is -1.83. The standard InChI is InChI=1S/C31H42O8.C30H40O9.CH4/c1-16-14-24(37-18(3)17(16)2)28(7,34)30(36)13-12-29(35)21-15-25-31(39-25)23(38-19(4)32)9-8-22(33)27(31,6)20(21)10-11-26(29,30)5;1-15-13-22(38-24(33)16(15)2)27(6,34)29(36)12-11-28(35)19-14-23-30(39-23)21(37-17(3)31)8-7-20(32)26(30,5)18(19)9-10-25(28,29)4;/h8-9,20-21,23-25,34-36H,3,10-15H2,1-2,4-7H3;7-8,18-19,21-23,34-36H,9-14H2,1-6H3;1H4/t20?,21?,23-,24?,25-,26+,27+,28+,29-,30+,31-;18?,19?,21-,22?,23+,25-,26-,27-,28+,29-,30+;/m10./s1. The number of aliphatic hydroxyl groups is 6. The van der Waals surface area contributed by atoms with Crippen LogP contribution in [0, 0.1) is 45.3 Å². The molecule has 79 heavy (non-hydrogen) atoms. The smallest absolute Gasteiger partial charge is 0.334 e. The molecule has 0 aromatic rings. The van der Waals surface area contributed by atoms with Gasteiger partial charge in [0.25, 0.3) is 0 Å². The van der Waals surface area contributed by atoms with E-state index < -0.39 is 121 Å². The Balaban J connectivity index is 0.000000176. The third-order valence-electron chi connectivity index (χ3n) is 24.9. The number of ketones is 2. The maximum atomic E-state index is 13.6. The lowest BCUT2D eigenvalue weighted by Crippen LogP contribution is -2.73. The molecule has 6 N–H and O–H groups in total. The first kappa shape index (κ1) is 58.1. The fourth-order valence-electron chi connectivity index (χ4n) is 19.5. The van der Waals surface area contributed by atoms with E-state index in [0.717, 1.165) is 16.7 Å². The van der Waals surface area contributed by atoms with E-state index in [-0.39, 0.29) is 68.5 Å². The van der Waals surface area contributed by atoms with Crippen molar-refractivity contribution in [2.24, 2.45) is 45.3 Å². The van der Waals surface area contributed by atoms with E-state index in [1.807, 2.05) is 48.5 Å². The Morgan fingerprint density at radius 2 is 0.987 bits per heavy atom. The van der Waals surface area contributed by atoms with Crippen molar-refractivity contribution in [2.75, 3.05) is 0 Å². The summed E-state index contributed by atoms with van der Waals surface area (Å²) in [6.45, 7) is 24.7. The normalized spacial score (nSPS) is 51.0. The van der Waals surface area contributed by atoms with E-state index in [0.29, 0.717) is 62.7 Å². The summed E-state index contributed by atoms with van der Waals surface area (Å²) >= 11 is 0. The summed E-state index contributed by atoms with van der Waals surface area (Å²) in [6, 6.07) is 0. The topological polar surface area (TPSA) is 269 Å². The van der Waals surface area contributed by atoms with Crippen LogP contribution in [0.2, 0.25) is 0 Å². The first-order valence-corrected chi connectivity index (χ1v) is 28.4. The maximum absolute atomic E-state index is 13.6. The number of ether oxygens (including phenoxy) is 6. The molecule has 436 valence electrons. The summed E-state index contributed by atoms with van der Waals surface area (Å²) in [7, 11) is 0. The first-order valence-electron chi connectivity index (χ1n) is 28.4. The van der Waals surface area contributed by atoms with E-state index in [9.17, 15) is 54.6 Å². The molecule has 6 unspecified atom stereocenters. The molecule has 2 saturated heterocycles. The van der Waals surface area contributed by atoms with Gasteiger partial charge in [-0.3, -0.25) is 19.2 Å². The highest BCUT2D eigenvalue weighted by atomic mass is 16.7. The van der Waals surface area contributed by atoms with Crippen LogP contribution in [0.25, 0.3) is 0 Å². The molecule has 0 amide bonds. The molecule has 4 aliphatic heterocycles. The molecule has 22 atom stereocenters. The average Bonchev–Trinajstić information content (AvgIpc) is 1.84. The summed E-state index contributed by atoms with van der Waals surface area (Å²) in [4.78, 5) is 63.5. The number of esters is 3. The number of carbonyl (C=O) groups excluding carboxylic acids is 5. The highest BCUT2D eigenvalue weighted by molar-refractivity contribution is 5.99. The predicted molar refractivity (Wildman–Crippen MR) is 285 cm³/mol. The zero-order valence-electron chi connectivity index (χ0n) is 47.4. The van der Waals surface area contributed by atoms with Crippen molar-refractivity contribution < 1.29 is 83.0 Å². The van der Waals surface area contributed by atoms with Crippen LogP contribution in [0.15, 0.2) is 58.9 Å². The first-order chi connectivity index (χ1) is 36.0. The van der Waals surface area contributed by atoms with Gasteiger partial charge in [-0.15, -0.1) is 0 Å². The highest BCUT2D eigenvalue weighted by Crippen LogP contribution is 2.77. The molecular weight excluding hydrogens is 1020 g/mol. The predicted octanol–water partition coefficient (Wildman–Crippen LogP) is 6.22.